The van der Waals surface area contributed by atoms with Crippen molar-refractivity contribution >= 4 is 23.2 Å². The summed E-state index contributed by atoms with van der Waals surface area (Å²) in [5.74, 6) is 1.47. The van der Waals surface area contributed by atoms with E-state index in [1.165, 1.54) is 23.4 Å². The van der Waals surface area contributed by atoms with Gasteiger partial charge in [0.2, 0.25) is 0 Å². The van der Waals surface area contributed by atoms with Gasteiger partial charge in [0.25, 0.3) is 0 Å². The number of hydrogen-bond donors (Lipinski definition) is 2. The number of guanidine groups is 1. The number of nitrogens with zero attached hydrogens (tertiary/aromatic N) is 4. The molecule has 1 aliphatic rings. The Hall–Kier alpha value is -2.21. The second kappa shape index (κ2) is 10.0. The monoisotopic (exact) mass is 416 g/mol. The number of rotatable bonds is 7. The van der Waals surface area contributed by atoms with Gasteiger partial charge in [-0.05, 0) is 63.3 Å². The fraction of sp³-hybridized carbons (Fsp3) is 0.545. The first-order chi connectivity index (χ1) is 14.0. The highest BCUT2D eigenvalue weighted by Gasteiger charge is 2.24. The number of hydrogen-bond acceptors (Lipinski definition) is 3. The van der Waals surface area contributed by atoms with Crippen molar-refractivity contribution in [2.45, 2.75) is 40.2 Å². The van der Waals surface area contributed by atoms with E-state index in [0.29, 0.717) is 5.92 Å². The number of benzene rings is 1. The summed E-state index contributed by atoms with van der Waals surface area (Å²) >= 11 is 6.19. The van der Waals surface area contributed by atoms with Crippen molar-refractivity contribution in [2.24, 2.45) is 10.9 Å². The third-order valence-electron chi connectivity index (χ3n) is 5.52. The lowest BCUT2D eigenvalue weighted by atomic mass is 10.1. The zero-order chi connectivity index (χ0) is 20.8. The summed E-state index contributed by atoms with van der Waals surface area (Å²) in [5.41, 5.74) is 4.83. The van der Waals surface area contributed by atoms with Crippen LogP contribution in [0.25, 0.3) is 0 Å². The third-order valence-corrected chi connectivity index (χ3v) is 5.76. The predicted molar refractivity (Wildman–Crippen MR) is 122 cm³/mol. The molecule has 1 unspecified atom stereocenters. The normalized spacial score (nSPS) is 17.1. The number of nitrogens with one attached hydrogen (secondary N) is 2. The average Bonchev–Trinajstić information content (AvgIpc) is 3.29. The summed E-state index contributed by atoms with van der Waals surface area (Å²) in [6, 6.07) is 8.25. The van der Waals surface area contributed by atoms with Gasteiger partial charge in [-0.3, -0.25) is 9.67 Å². The average molecular weight is 417 g/mol. The predicted octanol–water partition coefficient (Wildman–Crippen LogP) is 3.54. The van der Waals surface area contributed by atoms with Crippen molar-refractivity contribution in [3.05, 3.63) is 46.2 Å². The highest BCUT2D eigenvalue weighted by atomic mass is 35.5. The smallest absolute Gasteiger partial charge is 0.190 e. The summed E-state index contributed by atoms with van der Waals surface area (Å²) in [6.07, 6.45) is 2.18. The molecule has 1 aromatic carbocycles. The fourth-order valence-corrected chi connectivity index (χ4v) is 4.11. The van der Waals surface area contributed by atoms with Crippen molar-refractivity contribution in [1.82, 2.24) is 20.4 Å². The summed E-state index contributed by atoms with van der Waals surface area (Å²) < 4.78 is 2.07. The molecule has 1 aliphatic heterocycles. The number of aromatic nitrogens is 2. The van der Waals surface area contributed by atoms with Crippen molar-refractivity contribution < 1.29 is 0 Å². The van der Waals surface area contributed by atoms with Crippen LogP contribution in [0.3, 0.4) is 0 Å². The van der Waals surface area contributed by atoms with Crippen LogP contribution in [-0.2, 0) is 6.54 Å². The zero-order valence-electron chi connectivity index (χ0n) is 18.0. The van der Waals surface area contributed by atoms with Gasteiger partial charge >= 0.3 is 0 Å². The highest BCUT2D eigenvalue weighted by Crippen LogP contribution is 2.29. The van der Waals surface area contributed by atoms with E-state index in [1.54, 1.807) is 0 Å². The molecule has 1 fully saturated rings. The molecule has 0 spiro atoms. The maximum Gasteiger partial charge on any atom is 0.190 e. The fourth-order valence-electron chi connectivity index (χ4n) is 3.94. The molecular weight excluding hydrogens is 384 g/mol. The van der Waals surface area contributed by atoms with Gasteiger partial charge in [0.15, 0.2) is 5.96 Å². The number of halogens is 1. The Kier molecular flexibility index (Phi) is 7.42. The lowest BCUT2D eigenvalue weighted by Crippen LogP contribution is -2.40. The molecule has 0 amide bonds. The van der Waals surface area contributed by atoms with Crippen molar-refractivity contribution in [3.63, 3.8) is 0 Å². The number of aliphatic imine (C=N–C) groups is 1. The minimum absolute atomic E-state index is 0.599. The molecule has 2 N–H and O–H groups in total. The van der Waals surface area contributed by atoms with Crippen LogP contribution in [0.5, 0.6) is 0 Å². The van der Waals surface area contributed by atoms with Gasteiger partial charge in [-0.1, -0.05) is 17.7 Å². The van der Waals surface area contributed by atoms with Crippen LogP contribution in [0.1, 0.15) is 29.8 Å². The van der Waals surface area contributed by atoms with Crippen LogP contribution >= 0.6 is 11.6 Å². The topological polar surface area (TPSA) is 57.5 Å². The Morgan fingerprint density at radius 2 is 2.07 bits per heavy atom. The first-order valence-electron chi connectivity index (χ1n) is 10.4. The van der Waals surface area contributed by atoms with Gasteiger partial charge in [-0.25, -0.2) is 0 Å². The summed E-state index contributed by atoms with van der Waals surface area (Å²) in [5, 5.41) is 12.2. The van der Waals surface area contributed by atoms with E-state index in [9.17, 15) is 0 Å². The molecule has 2 aromatic rings. The van der Waals surface area contributed by atoms with Crippen LogP contribution < -0.4 is 15.5 Å². The van der Waals surface area contributed by atoms with Crippen LogP contribution in [0, 0.1) is 26.7 Å². The van der Waals surface area contributed by atoms with Crippen LogP contribution in [0.2, 0.25) is 5.02 Å². The molecule has 1 atom stereocenters. The molecular formula is C22H33ClN6. The molecule has 6 nitrogen and oxygen atoms in total. The van der Waals surface area contributed by atoms with Crippen molar-refractivity contribution in [2.75, 3.05) is 38.1 Å². The molecule has 0 radical (unpaired) electrons. The Morgan fingerprint density at radius 3 is 2.79 bits per heavy atom. The first-order valence-corrected chi connectivity index (χ1v) is 10.8. The Morgan fingerprint density at radius 1 is 1.24 bits per heavy atom. The van der Waals surface area contributed by atoms with E-state index in [0.717, 1.165) is 55.8 Å². The summed E-state index contributed by atoms with van der Waals surface area (Å²) in [7, 11) is 1.83. The molecule has 3 rings (SSSR count). The van der Waals surface area contributed by atoms with Crippen molar-refractivity contribution in [1.29, 1.82) is 0 Å². The SMILES string of the molecule is CN=C(NCCCn1nc(C)cc1C)NCC1CCN(c2cc(Cl)ccc2C)C1. The van der Waals surface area contributed by atoms with E-state index in [1.807, 2.05) is 20.0 Å². The standard InChI is InChI=1S/C22H33ClN6/c1-16-6-7-20(23)13-21(16)28-11-8-19(15-28)14-26-22(24-4)25-9-5-10-29-18(3)12-17(2)27-29/h6-7,12-13,19H,5,8-11,14-15H2,1-4H3,(H2,24,25,26). The van der Waals surface area contributed by atoms with Gasteiger partial charge < -0.3 is 15.5 Å². The summed E-state index contributed by atoms with van der Waals surface area (Å²) in [4.78, 5) is 6.80. The number of anilines is 1. The molecule has 0 bridgehead atoms. The molecule has 29 heavy (non-hydrogen) atoms. The van der Waals surface area contributed by atoms with E-state index in [-0.39, 0.29) is 0 Å². The third kappa shape index (κ3) is 5.89. The zero-order valence-corrected chi connectivity index (χ0v) is 18.8. The molecule has 0 aliphatic carbocycles. The summed E-state index contributed by atoms with van der Waals surface area (Å²) in [6.45, 7) is 11.1. The molecule has 1 saturated heterocycles. The van der Waals surface area contributed by atoms with Gasteiger partial charge in [-0.2, -0.15) is 5.10 Å². The Balaban J connectivity index is 1.39. The maximum absolute atomic E-state index is 6.19. The van der Waals surface area contributed by atoms with Gasteiger partial charge in [0, 0.05) is 56.2 Å². The molecule has 1 aromatic heterocycles. The largest absolute Gasteiger partial charge is 0.371 e. The lowest BCUT2D eigenvalue weighted by molar-refractivity contribution is 0.545. The molecule has 7 heteroatoms. The lowest BCUT2D eigenvalue weighted by Gasteiger charge is -2.21. The van der Waals surface area contributed by atoms with Crippen LogP contribution in [-0.4, -0.2) is 49.0 Å². The second-order valence-corrected chi connectivity index (χ2v) is 8.35. The van der Waals surface area contributed by atoms with E-state index >= 15 is 0 Å². The minimum Gasteiger partial charge on any atom is -0.371 e. The molecule has 158 valence electrons. The maximum atomic E-state index is 6.19. The van der Waals surface area contributed by atoms with Gasteiger partial charge in [0.1, 0.15) is 0 Å². The quantitative estimate of drug-likeness (QED) is 0.411. The Bertz CT molecular complexity index is 844. The van der Waals surface area contributed by atoms with E-state index in [4.69, 9.17) is 11.6 Å². The van der Waals surface area contributed by atoms with Crippen LogP contribution in [0.15, 0.2) is 29.3 Å². The van der Waals surface area contributed by atoms with Gasteiger partial charge in [0.05, 0.1) is 5.69 Å². The minimum atomic E-state index is 0.599. The van der Waals surface area contributed by atoms with Crippen molar-refractivity contribution in [3.8, 4) is 0 Å². The second-order valence-electron chi connectivity index (χ2n) is 7.92. The van der Waals surface area contributed by atoms with E-state index in [2.05, 4.69) is 62.4 Å². The molecule has 2 heterocycles. The first kappa shape index (κ1) is 21.5. The number of aryl methyl sites for hydroxylation is 4. The van der Waals surface area contributed by atoms with Gasteiger partial charge in [-0.15, -0.1) is 0 Å². The molecule has 0 saturated carbocycles. The van der Waals surface area contributed by atoms with Crippen LogP contribution in [0.4, 0.5) is 5.69 Å². The van der Waals surface area contributed by atoms with E-state index < -0.39 is 0 Å². The Labute approximate surface area is 179 Å². The highest BCUT2D eigenvalue weighted by molar-refractivity contribution is 6.30.